The molecule has 1 fully saturated rings. The first-order valence-electron chi connectivity index (χ1n) is 10.6. The lowest BCUT2D eigenvalue weighted by Crippen LogP contribution is -2.35. The van der Waals surface area contributed by atoms with Gasteiger partial charge in [0.15, 0.2) is 11.5 Å². The van der Waals surface area contributed by atoms with Gasteiger partial charge in [-0.25, -0.2) is 0 Å². The Balaban J connectivity index is 2.28. The standard InChI is InChI=1S/C25H29ClN2O6/c1-14-11-16(24(34-6)17(26)12-14)22(29)20-21(15-7-8-18(32-4)19(13-15)33-5)28(10-9-27(2)3)25(31)23(20)30/h7-8,11-13,21,29H,9-10H2,1-6H3/b22-20+. The number of likely N-dealkylation sites (N-methyl/N-ethyl adjacent to an activating group) is 1. The fourth-order valence-corrected chi connectivity index (χ4v) is 4.40. The van der Waals surface area contributed by atoms with Crippen LogP contribution in [0.4, 0.5) is 0 Å². The zero-order chi connectivity index (χ0) is 25.2. The van der Waals surface area contributed by atoms with E-state index in [4.69, 9.17) is 25.8 Å². The molecule has 1 atom stereocenters. The molecule has 1 heterocycles. The van der Waals surface area contributed by atoms with Crippen molar-refractivity contribution in [1.29, 1.82) is 0 Å². The molecular weight excluding hydrogens is 460 g/mol. The van der Waals surface area contributed by atoms with Crippen LogP contribution in [0.25, 0.3) is 5.76 Å². The molecule has 2 aromatic carbocycles. The molecule has 0 spiro atoms. The first kappa shape index (κ1) is 25.4. The van der Waals surface area contributed by atoms with E-state index in [9.17, 15) is 14.7 Å². The highest BCUT2D eigenvalue weighted by Gasteiger charge is 2.46. The molecule has 1 aliphatic rings. The van der Waals surface area contributed by atoms with Crippen LogP contribution < -0.4 is 14.2 Å². The number of benzene rings is 2. The van der Waals surface area contributed by atoms with E-state index in [1.54, 1.807) is 30.3 Å². The molecule has 3 rings (SSSR count). The number of aryl methyl sites for hydroxylation is 1. The Morgan fingerprint density at radius 2 is 1.74 bits per heavy atom. The van der Waals surface area contributed by atoms with E-state index in [0.29, 0.717) is 23.6 Å². The van der Waals surface area contributed by atoms with Crippen molar-refractivity contribution >= 4 is 29.1 Å². The van der Waals surface area contributed by atoms with Crippen molar-refractivity contribution in [2.45, 2.75) is 13.0 Å². The van der Waals surface area contributed by atoms with Gasteiger partial charge in [-0.05, 0) is 56.4 Å². The third-order valence-corrected chi connectivity index (χ3v) is 5.98. The van der Waals surface area contributed by atoms with Crippen LogP contribution in [0.1, 0.15) is 22.7 Å². The van der Waals surface area contributed by atoms with Gasteiger partial charge in [0.25, 0.3) is 11.7 Å². The minimum absolute atomic E-state index is 0.0454. The average Bonchev–Trinajstić information content (AvgIpc) is 3.06. The normalized spacial score (nSPS) is 17.4. The summed E-state index contributed by atoms with van der Waals surface area (Å²) in [6.07, 6.45) is 0. The molecule has 1 amide bonds. The second-order valence-corrected chi connectivity index (χ2v) is 8.64. The fourth-order valence-electron chi connectivity index (χ4n) is 4.05. The molecule has 1 saturated heterocycles. The quantitative estimate of drug-likeness (QED) is 0.344. The molecular formula is C25H29ClN2O6. The van der Waals surface area contributed by atoms with E-state index in [0.717, 1.165) is 5.56 Å². The molecule has 34 heavy (non-hydrogen) atoms. The smallest absolute Gasteiger partial charge is 0.295 e. The zero-order valence-electron chi connectivity index (χ0n) is 20.1. The van der Waals surface area contributed by atoms with Crippen LogP contribution in [-0.2, 0) is 9.59 Å². The number of Topliss-reactive ketones (excluding diaryl/α,β-unsaturated/α-hetero) is 1. The summed E-state index contributed by atoms with van der Waals surface area (Å²) in [5.74, 6) is -0.669. The van der Waals surface area contributed by atoms with Crippen molar-refractivity contribution in [3.8, 4) is 17.2 Å². The third-order valence-electron chi connectivity index (χ3n) is 5.70. The van der Waals surface area contributed by atoms with Crippen LogP contribution >= 0.6 is 11.6 Å². The second kappa shape index (κ2) is 10.4. The highest BCUT2D eigenvalue weighted by molar-refractivity contribution is 6.46. The highest BCUT2D eigenvalue weighted by atomic mass is 35.5. The summed E-state index contributed by atoms with van der Waals surface area (Å²) in [4.78, 5) is 29.7. The molecule has 0 radical (unpaired) electrons. The molecule has 2 aromatic rings. The van der Waals surface area contributed by atoms with Crippen LogP contribution in [0.5, 0.6) is 17.2 Å². The number of ketones is 1. The number of methoxy groups -OCH3 is 3. The maximum Gasteiger partial charge on any atom is 0.295 e. The van der Waals surface area contributed by atoms with Gasteiger partial charge in [0.1, 0.15) is 11.5 Å². The molecule has 1 N–H and O–H groups in total. The number of hydrogen-bond acceptors (Lipinski definition) is 7. The number of amides is 1. The number of ether oxygens (including phenoxy) is 3. The maximum absolute atomic E-state index is 13.3. The van der Waals surface area contributed by atoms with Gasteiger partial charge in [-0.3, -0.25) is 9.59 Å². The maximum atomic E-state index is 13.3. The van der Waals surface area contributed by atoms with Gasteiger partial charge in [-0.15, -0.1) is 0 Å². The molecule has 0 saturated carbocycles. The average molecular weight is 489 g/mol. The Labute approximate surface area is 204 Å². The van der Waals surface area contributed by atoms with Gasteiger partial charge in [0.2, 0.25) is 0 Å². The summed E-state index contributed by atoms with van der Waals surface area (Å²) in [5.41, 5.74) is 1.55. The van der Waals surface area contributed by atoms with Crippen molar-refractivity contribution in [2.75, 3.05) is 48.5 Å². The Morgan fingerprint density at radius 3 is 2.32 bits per heavy atom. The zero-order valence-corrected chi connectivity index (χ0v) is 20.9. The van der Waals surface area contributed by atoms with Crippen molar-refractivity contribution < 1.29 is 28.9 Å². The molecule has 1 aliphatic heterocycles. The van der Waals surface area contributed by atoms with Crippen LogP contribution in [0.15, 0.2) is 35.9 Å². The Hall–Kier alpha value is -3.23. The number of nitrogens with zero attached hydrogens (tertiary/aromatic N) is 2. The van der Waals surface area contributed by atoms with E-state index < -0.39 is 17.7 Å². The monoisotopic (exact) mass is 488 g/mol. The predicted octanol–water partition coefficient (Wildman–Crippen LogP) is 3.66. The lowest BCUT2D eigenvalue weighted by atomic mass is 9.94. The van der Waals surface area contributed by atoms with Gasteiger partial charge >= 0.3 is 0 Å². The lowest BCUT2D eigenvalue weighted by Gasteiger charge is -2.27. The molecule has 0 bridgehead atoms. The summed E-state index contributed by atoms with van der Waals surface area (Å²) in [6.45, 7) is 2.61. The van der Waals surface area contributed by atoms with Gasteiger partial charge < -0.3 is 29.1 Å². The predicted molar refractivity (Wildman–Crippen MR) is 130 cm³/mol. The number of aliphatic hydroxyl groups is 1. The van der Waals surface area contributed by atoms with Crippen molar-refractivity contribution in [1.82, 2.24) is 9.80 Å². The van der Waals surface area contributed by atoms with Crippen LogP contribution in [0.2, 0.25) is 5.02 Å². The first-order chi connectivity index (χ1) is 16.1. The summed E-state index contributed by atoms with van der Waals surface area (Å²) >= 11 is 6.33. The summed E-state index contributed by atoms with van der Waals surface area (Å²) < 4.78 is 16.2. The molecule has 0 aromatic heterocycles. The van der Waals surface area contributed by atoms with Gasteiger partial charge in [-0.1, -0.05) is 17.7 Å². The highest BCUT2D eigenvalue weighted by Crippen LogP contribution is 2.44. The number of rotatable bonds is 8. The number of carbonyl (C=O) groups is 2. The molecule has 8 nitrogen and oxygen atoms in total. The minimum atomic E-state index is -0.844. The largest absolute Gasteiger partial charge is 0.507 e. The van der Waals surface area contributed by atoms with Gasteiger partial charge in [0.05, 0.1) is 43.5 Å². The van der Waals surface area contributed by atoms with Crippen LogP contribution in [0, 0.1) is 6.92 Å². The van der Waals surface area contributed by atoms with Crippen LogP contribution in [-0.4, -0.2) is 75.1 Å². The van der Waals surface area contributed by atoms with E-state index in [1.165, 1.54) is 26.2 Å². The van der Waals surface area contributed by atoms with E-state index in [2.05, 4.69) is 0 Å². The van der Waals surface area contributed by atoms with Gasteiger partial charge in [0, 0.05) is 13.1 Å². The Bertz CT molecular complexity index is 1140. The number of aliphatic hydroxyl groups excluding tert-OH is 1. The van der Waals surface area contributed by atoms with Crippen molar-refractivity contribution in [2.24, 2.45) is 0 Å². The van der Waals surface area contributed by atoms with E-state index in [-0.39, 0.29) is 34.2 Å². The third kappa shape index (κ3) is 4.69. The Morgan fingerprint density at radius 1 is 1.06 bits per heavy atom. The fraction of sp³-hybridized carbons (Fsp3) is 0.360. The summed E-state index contributed by atoms with van der Waals surface area (Å²) in [6, 6.07) is 7.66. The lowest BCUT2D eigenvalue weighted by molar-refractivity contribution is -0.140. The first-order valence-corrected chi connectivity index (χ1v) is 11.0. The minimum Gasteiger partial charge on any atom is -0.507 e. The number of halogens is 1. The van der Waals surface area contributed by atoms with E-state index >= 15 is 0 Å². The Kier molecular flexibility index (Phi) is 7.74. The van der Waals surface area contributed by atoms with Crippen molar-refractivity contribution in [3.63, 3.8) is 0 Å². The molecule has 0 aliphatic carbocycles. The number of carbonyl (C=O) groups excluding carboxylic acids is 2. The molecule has 1 unspecified atom stereocenters. The van der Waals surface area contributed by atoms with Crippen molar-refractivity contribution in [3.05, 3.63) is 57.6 Å². The second-order valence-electron chi connectivity index (χ2n) is 8.24. The summed E-state index contributed by atoms with van der Waals surface area (Å²) in [7, 11) is 8.21. The summed E-state index contributed by atoms with van der Waals surface area (Å²) in [5, 5.41) is 11.7. The van der Waals surface area contributed by atoms with Gasteiger partial charge in [-0.2, -0.15) is 0 Å². The van der Waals surface area contributed by atoms with Crippen LogP contribution in [0.3, 0.4) is 0 Å². The molecule has 9 heteroatoms. The molecule has 182 valence electrons. The SMILES string of the molecule is COc1ccc(C2/C(=C(\O)c3cc(C)cc(Cl)c3OC)C(=O)C(=O)N2CCN(C)C)cc1OC. The topological polar surface area (TPSA) is 88.5 Å². The number of likely N-dealkylation sites (tertiary alicyclic amines) is 1. The van der Waals surface area contributed by atoms with E-state index in [1.807, 2.05) is 25.9 Å². The number of hydrogen-bond donors (Lipinski definition) is 1.